The van der Waals surface area contributed by atoms with Gasteiger partial charge < -0.3 is 20.5 Å². The highest BCUT2D eigenvalue weighted by molar-refractivity contribution is 7.91. The van der Waals surface area contributed by atoms with E-state index in [0.29, 0.717) is 49.9 Å². The van der Waals surface area contributed by atoms with Crippen molar-refractivity contribution >= 4 is 59.5 Å². The van der Waals surface area contributed by atoms with Gasteiger partial charge >= 0.3 is 5.97 Å². The molecule has 0 aliphatic rings. The molecule has 0 saturated heterocycles. The fraction of sp³-hybridized carbons (Fsp3) is 0.140. The molecule has 2 amide bonds. The number of halogens is 2. The number of aliphatic hydroxyl groups excluding tert-OH is 1. The van der Waals surface area contributed by atoms with E-state index >= 15 is 0 Å². The average Bonchev–Trinajstić information content (AvgIpc) is 3.98. The van der Waals surface area contributed by atoms with Crippen molar-refractivity contribution in [2.45, 2.75) is 29.6 Å². The molecule has 0 unspecified atom stereocenters. The fourth-order valence-electron chi connectivity index (χ4n) is 6.25. The number of methoxy groups -OCH3 is 1. The highest BCUT2D eigenvalue weighted by atomic mass is 32.2. The smallest absolute Gasteiger partial charge is 0.306 e. The van der Waals surface area contributed by atoms with Gasteiger partial charge in [0.15, 0.2) is 19.9 Å². The van der Waals surface area contributed by atoms with Crippen LogP contribution in [-0.4, -0.2) is 99.2 Å². The molecule has 5 N–H and O–H groups in total. The number of amides is 2. The van der Waals surface area contributed by atoms with Crippen molar-refractivity contribution in [3.63, 3.8) is 0 Å². The van der Waals surface area contributed by atoms with Crippen LogP contribution in [0.25, 0.3) is 33.2 Å². The van der Waals surface area contributed by atoms with Gasteiger partial charge in [-0.1, -0.05) is 0 Å². The third kappa shape index (κ3) is 11.9. The maximum Gasteiger partial charge on any atom is 0.306 e. The van der Waals surface area contributed by atoms with Crippen molar-refractivity contribution in [2.75, 3.05) is 20.0 Å². The molecular formula is C43H39F2N11O9S2. The van der Waals surface area contributed by atoms with Gasteiger partial charge in [-0.05, 0) is 83.9 Å². The zero-order chi connectivity index (χ0) is 48.3. The van der Waals surface area contributed by atoms with Crippen LogP contribution in [0.3, 0.4) is 0 Å². The van der Waals surface area contributed by atoms with Crippen LogP contribution in [0.5, 0.6) is 0 Å². The van der Waals surface area contributed by atoms with Gasteiger partial charge in [-0.2, -0.15) is 10.2 Å². The minimum absolute atomic E-state index is 0.0311. The number of esters is 1. The normalized spacial score (nSPS) is 11.2. The number of hydrogen-bond acceptors (Lipinski definition) is 15. The lowest BCUT2D eigenvalue weighted by molar-refractivity contribution is -0.140. The number of hydrogen-bond donors (Lipinski definition) is 4. The SMILES string of the molecule is CO.COC(=O)CCS(=O)(=O)c1cc(CNC(=O)c2cncc3c2cnn3-c2ccc(F)cc2)ccn1.NS(=O)(=O)c1cc(CNC(=O)c2cncc3c2cnn3-c2ccc(F)cc2)ccn1. The number of pyridine rings is 4. The number of nitrogens with one attached hydrogen (secondary N) is 2. The molecule has 0 radical (unpaired) electrons. The molecule has 67 heavy (non-hydrogen) atoms. The van der Waals surface area contributed by atoms with Crippen molar-refractivity contribution in [3.8, 4) is 11.4 Å². The molecule has 6 aromatic heterocycles. The molecule has 20 nitrogen and oxygen atoms in total. The van der Waals surface area contributed by atoms with Crippen molar-refractivity contribution in [3.05, 3.63) is 156 Å². The van der Waals surface area contributed by atoms with E-state index in [0.717, 1.165) is 7.11 Å². The summed E-state index contributed by atoms with van der Waals surface area (Å²) in [4.78, 5) is 52.7. The maximum atomic E-state index is 13.3. The predicted octanol–water partition coefficient (Wildman–Crippen LogP) is 3.36. The van der Waals surface area contributed by atoms with E-state index in [1.54, 1.807) is 58.2 Å². The summed E-state index contributed by atoms with van der Waals surface area (Å²) in [5.41, 5.74) is 3.97. The topological polar surface area (TPSA) is 286 Å². The lowest BCUT2D eigenvalue weighted by Gasteiger charge is -2.08. The van der Waals surface area contributed by atoms with Crippen molar-refractivity contribution in [1.29, 1.82) is 0 Å². The van der Waals surface area contributed by atoms with Gasteiger partial charge in [0.25, 0.3) is 21.8 Å². The van der Waals surface area contributed by atoms with Crippen LogP contribution in [0.1, 0.15) is 38.3 Å². The first kappa shape index (κ1) is 48.5. The summed E-state index contributed by atoms with van der Waals surface area (Å²) in [6.45, 7) is 0.0930. The number of nitrogens with zero attached hydrogens (tertiary/aromatic N) is 8. The second-order valence-electron chi connectivity index (χ2n) is 13.9. The number of sulfone groups is 1. The quantitative estimate of drug-likeness (QED) is 0.121. The Hall–Kier alpha value is -7.93. The zero-order valence-electron chi connectivity index (χ0n) is 35.3. The Bertz CT molecular complexity index is 3300. The van der Waals surface area contributed by atoms with Gasteiger partial charge in [0.05, 0.1) is 77.6 Å². The van der Waals surface area contributed by atoms with Gasteiger partial charge in [-0.3, -0.25) is 24.4 Å². The lowest BCUT2D eigenvalue weighted by atomic mass is 10.1. The number of aromatic nitrogens is 8. The van der Waals surface area contributed by atoms with Crippen LogP contribution in [0.15, 0.2) is 132 Å². The van der Waals surface area contributed by atoms with E-state index < -0.39 is 43.4 Å². The number of aliphatic hydroxyl groups is 1. The monoisotopic (exact) mass is 955 g/mol. The Morgan fingerprint density at radius 2 is 1.09 bits per heavy atom. The van der Waals surface area contributed by atoms with E-state index in [1.807, 2.05) is 0 Å². The highest BCUT2D eigenvalue weighted by Crippen LogP contribution is 2.23. The van der Waals surface area contributed by atoms with Crippen LogP contribution in [0, 0.1) is 11.6 Å². The third-order valence-electron chi connectivity index (χ3n) is 9.54. The van der Waals surface area contributed by atoms with E-state index in [1.165, 1.54) is 80.7 Å². The van der Waals surface area contributed by atoms with E-state index in [9.17, 15) is 40.0 Å². The predicted molar refractivity (Wildman–Crippen MR) is 237 cm³/mol. The summed E-state index contributed by atoms with van der Waals surface area (Å²) in [6.07, 6.45) is 11.3. The highest BCUT2D eigenvalue weighted by Gasteiger charge is 2.20. The molecule has 0 spiro atoms. The first-order valence-electron chi connectivity index (χ1n) is 19.5. The van der Waals surface area contributed by atoms with Crippen molar-refractivity contribution < 1.29 is 49.8 Å². The number of benzene rings is 2. The Kier molecular flexibility index (Phi) is 15.5. The Labute approximate surface area is 380 Å². The molecule has 0 saturated carbocycles. The van der Waals surface area contributed by atoms with Crippen molar-refractivity contribution in [1.82, 2.24) is 50.1 Å². The van der Waals surface area contributed by atoms with Gasteiger partial charge in [0.1, 0.15) is 11.6 Å². The first-order chi connectivity index (χ1) is 32.1. The molecule has 0 bridgehead atoms. The molecule has 2 aromatic carbocycles. The molecule has 8 rings (SSSR count). The number of carbonyl (C=O) groups excluding carboxylic acids is 3. The third-order valence-corrected chi connectivity index (χ3v) is 12.0. The van der Waals surface area contributed by atoms with Crippen LogP contribution in [0.2, 0.25) is 0 Å². The van der Waals surface area contributed by atoms with Crippen LogP contribution in [0.4, 0.5) is 8.78 Å². The number of nitrogens with two attached hydrogens (primary N) is 1. The Morgan fingerprint density at radius 3 is 1.52 bits per heavy atom. The molecule has 0 fully saturated rings. The number of primary sulfonamides is 1. The summed E-state index contributed by atoms with van der Waals surface area (Å²) in [5.74, 6) is -2.67. The van der Waals surface area contributed by atoms with Crippen LogP contribution >= 0.6 is 0 Å². The van der Waals surface area contributed by atoms with E-state index in [-0.39, 0.29) is 46.8 Å². The van der Waals surface area contributed by atoms with E-state index in [2.05, 4.69) is 45.5 Å². The molecule has 0 aliphatic heterocycles. The Balaban J connectivity index is 0.000000215. The molecule has 24 heteroatoms. The first-order valence-corrected chi connectivity index (χ1v) is 22.7. The molecular weight excluding hydrogens is 917 g/mol. The molecule has 0 aliphatic carbocycles. The summed E-state index contributed by atoms with van der Waals surface area (Å²) in [7, 11) is -5.56. The lowest BCUT2D eigenvalue weighted by Crippen LogP contribution is -2.23. The summed E-state index contributed by atoms with van der Waals surface area (Å²) < 4.78 is 81.8. The van der Waals surface area contributed by atoms with Gasteiger partial charge in [0.2, 0.25) is 0 Å². The Morgan fingerprint density at radius 1 is 0.657 bits per heavy atom. The standard InChI is InChI=1S/C23H20FN5O5S.C19H15FN6O3S.CH4O/c1-34-22(30)7-9-35(32,33)21-10-15(6-8-26-21)11-27-23(31)19-12-25-14-20-18(19)13-28-29(20)17-4-2-16(24)3-5-17;20-13-1-3-14(4-2-13)26-17-11-22-9-16(15(17)10-25-26)19(27)24-8-12-5-6-23-18(7-12)30(21,28)29;1-2/h2-6,8,10,12-14H,7,9,11H2,1H3,(H,27,31);1-7,9-11H,8H2,(H,24,27)(H2,21,28,29);2H,1H3. The van der Waals surface area contributed by atoms with Crippen LogP contribution < -0.4 is 15.8 Å². The second kappa shape index (κ2) is 21.4. The second-order valence-corrected chi connectivity index (χ2v) is 17.4. The van der Waals surface area contributed by atoms with Gasteiger partial charge in [-0.15, -0.1) is 0 Å². The molecule has 346 valence electrons. The summed E-state index contributed by atoms with van der Waals surface area (Å²) in [6, 6.07) is 17.3. The largest absolute Gasteiger partial charge is 0.469 e. The number of fused-ring (bicyclic) bond motifs is 2. The summed E-state index contributed by atoms with van der Waals surface area (Å²) in [5, 5.41) is 26.7. The molecule has 8 aromatic rings. The number of sulfonamides is 1. The van der Waals surface area contributed by atoms with Gasteiger partial charge in [0, 0.05) is 55.8 Å². The van der Waals surface area contributed by atoms with Crippen molar-refractivity contribution in [2.24, 2.45) is 5.14 Å². The number of carbonyl (C=O) groups is 3. The van der Waals surface area contributed by atoms with Crippen LogP contribution in [-0.2, 0) is 42.5 Å². The summed E-state index contributed by atoms with van der Waals surface area (Å²) >= 11 is 0. The fourth-order valence-corrected chi connectivity index (χ4v) is 7.97. The minimum Gasteiger partial charge on any atom is -0.469 e. The van der Waals surface area contributed by atoms with Gasteiger partial charge in [-0.25, -0.2) is 50.1 Å². The van der Waals surface area contributed by atoms with E-state index in [4.69, 9.17) is 10.2 Å². The minimum atomic E-state index is -3.94. The zero-order valence-corrected chi connectivity index (χ0v) is 36.9. The number of ether oxygens (including phenoxy) is 1. The number of rotatable bonds is 13. The maximum absolute atomic E-state index is 13.3. The molecule has 0 atom stereocenters. The average molecular weight is 956 g/mol. The molecule has 6 heterocycles.